The summed E-state index contributed by atoms with van der Waals surface area (Å²) in [5, 5.41) is 5.96. The average Bonchev–Trinajstić information content (AvgIpc) is 2.66. The number of carbonyl (C=O) groups excluding carboxylic acids is 1. The van der Waals surface area contributed by atoms with E-state index in [0.717, 1.165) is 25.0 Å². The van der Waals surface area contributed by atoms with E-state index in [4.69, 9.17) is 5.73 Å². The molecule has 0 spiro atoms. The highest BCUT2D eigenvalue weighted by Gasteiger charge is 2.42. The normalized spacial score (nSPS) is 24.8. The van der Waals surface area contributed by atoms with Gasteiger partial charge >= 0.3 is 6.18 Å². The number of anilines is 1. The van der Waals surface area contributed by atoms with E-state index in [1.165, 1.54) is 12.4 Å². The number of amides is 1. The van der Waals surface area contributed by atoms with Gasteiger partial charge in [0.1, 0.15) is 12.1 Å². The molecule has 1 aromatic carbocycles. The van der Waals surface area contributed by atoms with Gasteiger partial charge < -0.3 is 16.4 Å². The largest absolute Gasteiger partial charge is 0.416 e. The first-order valence-corrected chi connectivity index (χ1v) is 10.5. The van der Waals surface area contributed by atoms with E-state index in [9.17, 15) is 18.0 Å². The van der Waals surface area contributed by atoms with E-state index in [2.05, 4.69) is 41.4 Å². The molecule has 4 N–H and O–H groups in total. The number of halogens is 3. The molecule has 1 aliphatic carbocycles. The van der Waals surface area contributed by atoms with Crippen LogP contribution in [-0.4, -0.2) is 28.1 Å². The highest BCUT2D eigenvalue weighted by molar-refractivity contribution is 5.91. The third-order valence-corrected chi connectivity index (χ3v) is 6.40. The van der Waals surface area contributed by atoms with Crippen molar-refractivity contribution in [2.75, 3.05) is 11.9 Å². The number of hydrogen-bond donors (Lipinski definition) is 3. The molecule has 2 aromatic rings. The van der Waals surface area contributed by atoms with Crippen LogP contribution in [-0.2, 0) is 11.0 Å². The molecular formula is C22H30F3N5O. The summed E-state index contributed by atoms with van der Waals surface area (Å²) in [6, 6.07) is 3.24. The van der Waals surface area contributed by atoms with Gasteiger partial charge in [-0.3, -0.25) is 4.79 Å². The van der Waals surface area contributed by atoms with Gasteiger partial charge in [0, 0.05) is 5.39 Å². The predicted molar refractivity (Wildman–Crippen MR) is 114 cm³/mol. The Morgan fingerprint density at radius 2 is 1.97 bits per heavy atom. The summed E-state index contributed by atoms with van der Waals surface area (Å²) in [6.45, 7) is 8.53. The van der Waals surface area contributed by atoms with E-state index < -0.39 is 17.4 Å². The van der Waals surface area contributed by atoms with Crippen LogP contribution in [0.3, 0.4) is 0 Å². The molecule has 1 aliphatic rings. The van der Waals surface area contributed by atoms with Crippen molar-refractivity contribution in [1.29, 1.82) is 0 Å². The third-order valence-electron chi connectivity index (χ3n) is 6.40. The van der Waals surface area contributed by atoms with E-state index in [-0.39, 0.29) is 35.0 Å². The summed E-state index contributed by atoms with van der Waals surface area (Å²) in [6.07, 6.45) is -0.713. The molecule has 1 fully saturated rings. The smallest absolute Gasteiger partial charge is 0.360 e. The Balaban J connectivity index is 1.68. The van der Waals surface area contributed by atoms with Gasteiger partial charge in [0.25, 0.3) is 0 Å². The minimum absolute atomic E-state index is 0.101. The monoisotopic (exact) mass is 437 g/mol. The summed E-state index contributed by atoms with van der Waals surface area (Å²) < 4.78 is 39.2. The van der Waals surface area contributed by atoms with Crippen LogP contribution >= 0.6 is 0 Å². The molecule has 1 saturated carbocycles. The zero-order valence-corrected chi connectivity index (χ0v) is 18.3. The first kappa shape index (κ1) is 23.2. The first-order chi connectivity index (χ1) is 14.3. The minimum Gasteiger partial charge on any atom is -0.360 e. The molecule has 170 valence electrons. The number of benzene rings is 1. The second-order valence-electron chi connectivity index (χ2n) is 9.63. The van der Waals surface area contributed by atoms with Crippen LogP contribution in [0.4, 0.5) is 19.0 Å². The van der Waals surface area contributed by atoms with Crippen LogP contribution in [0.5, 0.6) is 0 Å². The highest BCUT2D eigenvalue weighted by Crippen LogP contribution is 2.42. The molecule has 0 saturated heterocycles. The molecule has 1 aromatic heterocycles. The number of carbonyl (C=O) groups is 1. The van der Waals surface area contributed by atoms with Crippen LogP contribution in [0, 0.1) is 17.3 Å². The fraction of sp³-hybridized carbons (Fsp3) is 0.591. The molecule has 3 unspecified atom stereocenters. The van der Waals surface area contributed by atoms with E-state index in [1.54, 1.807) is 0 Å². The van der Waals surface area contributed by atoms with Gasteiger partial charge in [-0.25, -0.2) is 9.97 Å². The van der Waals surface area contributed by atoms with Gasteiger partial charge in [0.2, 0.25) is 5.91 Å². The van der Waals surface area contributed by atoms with Gasteiger partial charge in [0.15, 0.2) is 0 Å². The molecule has 0 radical (unpaired) electrons. The summed E-state index contributed by atoms with van der Waals surface area (Å²) >= 11 is 0. The summed E-state index contributed by atoms with van der Waals surface area (Å²) in [5.41, 5.74) is 5.46. The van der Waals surface area contributed by atoms with Gasteiger partial charge in [0.05, 0.1) is 23.3 Å². The van der Waals surface area contributed by atoms with Crippen molar-refractivity contribution in [3.8, 4) is 0 Å². The molecule has 6 nitrogen and oxygen atoms in total. The Kier molecular flexibility index (Phi) is 6.19. The van der Waals surface area contributed by atoms with Crippen molar-refractivity contribution in [2.24, 2.45) is 23.0 Å². The van der Waals surface area contributed by atoms with Crippen LogP contribution in [0.25, 0.3) is 10.9 Å². The highest BCUT2D eigenvalue weighted by atomic mass is 19.4. The maximum atomic E-state index is 13.1. The van der Waals surface area contributed by atoms with Crippen molar-refractivity contribution in [3.63, 3.8) is 0 Å². The number of hydrogen-bond acceptors (Lipinski definition) is 5. The van der Waals surface area contributed by atoms with Crippen molar-refractivity contribution >= 4 is 22.6 Å². The SMILES string of the molecule is CC1CC(C(C)(C)C)CCC1(N)NC(=O)CNc1ncnc2ccc(C(F)(F)F)cc12. The van der Waals surface area contributed by atoms with Crippen LogP contribution in [0.1, 0.15) is 52.5 Å². The number of nitrogens with two attached hydrogens (primary N) is 1. The maximum Gasteiger partial charge on any atom is 0.416 e. The van der Waals surface area contributed by atoms with Gasteiger partial charge in [-0.15, -0.1) is 0 Å². The molecule has 0 aliphatic heterocycles. The van der Waals surface area contributed by atoms with Gasteiger partial charge in [-0.1, -0.05) is 27.7 Å². The fourth-order valence-corrected chi connectivity index (χ4v) is 4.23. The van der Waals surface area contributed by atoms with E-state index in [1.807, 2.05) is 6.92 Å². The zero-order valence-electron chi connectivity index (χ0n) is 18.3. The van der Waals surface area contributed by atoms with Crippen LogP contribution < -0.4 is 16.4 Å². The first-order valence-electron chi connectivity index (χ1n) is 10.5. The number of nitrogens with one attached hydrogen (secondary N) is 2. The lowest BCUT2D eigenvalue weighted by molar-refractivity contribution is -0.137. The Hall–Kier alpha value is -2.42. The standard InChI is InChI=1S/C22H30F3N5O/c1-13-9-14(20(2,3)4)7-8-21(13,26)30-18(31)11-27-19-16-10-15(22(23,24)25)5-6-17(16)28-12-29-19/h5-6,10,12-14H,7-9,11,26H2,1-4H3,(H,30,31)(H,27,28,29). The third kappa shape index (κ3) is 5.26. The molecule has 3 rings (SSSR count). The number of fused-ring (bicyclic) bond motifs is 1. The lowest BCUT2D eigenvalue weighted by atomic mass is 9.66. The van der Waals surface area contributed by atoms with E-state index >= 15 is 0 Å². The van der Waals surface area contributed by atoms with E-state index in [0.29, 0.717) is 17.9 Å². The molecule has 1 amide bonds. The number of rotatable bonds is 4. The average molecular weight is 438 g/mol. The van der Waals surface area contributed by atoms with Gasteiger partial charge in [-0.05, 0) is 54.7 Å². The summed E-state index contributed by atoms with van der Waals surface area (Å²) in [4.78, 5) is 20.6. The number of alkyl halides is 3. The second-order valence-corrected chi connectivity index (χ2v) is 9.63. The van der Waals surface area contributed by atoms with Crippen molar-refractivity contribution in [3.05, 3.63) is 30.1 Å². The quantitative estimate of drug-likeness (QED) is 0.620. The lowest BCUT2D eigenvalue weighted by Gasteiger charge is -2.46. The summed E-state index contributed by atoms with van der Waals surface area (Å²) in [7, 11) is 0. The molecule has 3 atom stereocenters. The minimum atomic E-state index is -4.48. The maximum absolute atomic E-state index is 13.1. The Morgan fingerprint density at radius 3 is 2.58 bits per heavy atom. The molecule has 9 heteroatoms. The second kappa shape index (κ2) is 8.26. The van der Waals surface area contributed by atoms with Crippen molar-refractivity contribution < 1.29 is 18.0 Å². The number of nitrogens with zero attached hydrogens (tertiary/aromatic N) is 2. The zero-order chi connectivity index (χ0) is 23.0. The fourth-order valence-electron chi connectivity index (χ4n) is 4.23. The van der Waals surface area contributed by atoms with Crippen molar-refractivity contribution in [1.82, 2.24) is 15.3 Å². The Morgan fingerprint density at radius 1 is 1.26 bits per heavy atom. The number of aromatic nitrogens is 2. The molecular weight excluding hydrogens is 407 g/mol. The summed E-state index contributed by atoms with van der Waals surface area (Å²) in [5.74, 6) is 0.470. The van der Waals surface area contributed by atoms with Crippen LogP contribution in [0.2, 0.25) is 0 Å². The van der Waals surface area contributed by atoms with Gasteiger partial charge in [-0.2, -0.15) is 13.2 Å². The van der Waals surface area contributed by atoms with Crippen LogP contribution in [0.15, 0.2) is 24.5 Å². The topological polar surface area (TPSA) is 92.9 Å². The lowest BCUT2D eigenvalue weighted by Crippen LogP contribution is -2.63. The Labute approximate surface area is 180 Å². The molecule has 1 heterocycles. The Bertz CT molecular complexity index is 956. The molecule has 31 heavy (non-hydrogen) atoms. The predicted octanol–water partition coefficient (Wildman–Crippen LogP) is 4.31. The molecule has 0 bridgehead atoms. The van der Waals surface area contributed by atoms with Crippen molar-refractivity contribution in [2.45, 2.75) is 58.8 Å².